The Balaban J connectivity index is 1.47. The zero-order valence-electron chi connectivity index (χ0n) is 17.2. The molecule has 2 heterocycles. The second-order valence-electron chi connectivity index (χ2n) is 7.76. The van der Waals surface area contributed by atoms with Crippen LogP contribution in [-0.4, -0.2) is 54.6 Å². The number of anilines is 2. The average molecular weight is 406 g/mol. The third-order valence-corrected chi connectivity index (χ3v) is 5.76. The van der Waals surface area contributed by atoms with Gasteiger partial charge in [0.1, 0.15) is 11.4 Å². The molecule has 0 spiro atoms. The van der Waals surface area contributed by atoms with Crippen LogP contribution in [0.25, 0.3) is 0 Å². The monoisotopic (exact) mass is 405 g/mol. The molecule has 0 amide bonds. The van der Waals surface area contributed by atoms with E-state index >= 15 is 0 Å². The molecular formula is C23H27N5O2. The number of aromatic nitrogens is 1. The Bertz CT molecular complexity index is 1020. The first kappa shape index (κ1) is 20.3. The summed E-state index contributed by atoms with van der Waals surface area (Å²) in [5, 5.41) is 6.39. The maximum absolute atomic E-state index is 12.2. The van der Waals surface area contributed by atoms with E-state index in [0.717, 1.165) is 31.7 Å². The second-order valence-corrected chi connectivity index (χ2v) is 7.76. The van der Waals surface area contributed by atoms with E-state index in [1.54, 1.807) is 12.4 Å². The van der Waals surface area contributed by atoms with Crippen LogP contribution in [0.4, 0.5) is 11.4 Å². The van der Waals surface area contributed by atoms with E-state index < -0.39 is 10.9 Å². The number of nitrogens with one attached hydrogen (secondary N) is 2. The molecule has 1 aliphatic heterocycles. The molecule has 4 rings (SSSR count). The molecule has 1 fully saturated rings. The van der Waals surface area contributed by atoms with E-state index in [4.69, 9.17) is 0 Å². The first-order valence-corrected chi connectivity index (χ1v) is 10.3. The smallest absolute Gasteiger partial charge is 0.253 e. The van der Waals surface area contributed by atoms with Gasteiger partial charge in [-0.3, -0.25) is 19.5 Å². The zero-order chi connectivity index (χ0) is 20.9. The normalized spacial score (nSPS) is 16.4. The van der Waals surface area contributed by atoms with Crippen LogP contribution in [0.1, 0.15) is 17.2 Å². The van der Waals surface area contributed by atoms with Gasteiger partial charge < -0.3 is 15.5 Å². The number of piperazine rings is 1. The first-order valence-electron chi connectivity index (χ1n) is 10.3. The number of pyridine rings is 1. The van der Waals surface area contributed by atoms with Crippen LogP contribution in [0.3, 0.4) is 0 Å². The van der Waals surface area contributed by atoms with Gasteiger partial charge in [0.2, 0.25) is 0 Å². The minimum atomic E-state index is -0.456. The number of hydrogen-bond donors (Lipinski definition) is 2. The predicted molar refractivity (Wildman–Crippen MR) is 120 cm³/mol. The fourth-order valence-electron chi connectivity index (χ4n) is 3.89. The van der Waals surface area contributed by atoms with E-state index in [9.17, 15) is 9.59 Å². The molecule has 1 aliphatic rings. The molecule has 0 bridgehead atoms. The molecule has 3 aromatic rings. The van der Waals surface area contributed by atoms with Gasteiger partial charge in [-0.15, -0.1) is 0 Å². The van der Waals surface area contributed by atoms with E-state index in [1.165, 1.54) is 5.56 Å². The van der Waals surface area contributed by atoms with Gasteiger partial charge in [0.15, 0.2) is 0 Å². The summed E-state index contributed by atoms with van der Waals surface area (Å²) < 4.78 is 0. The summed E-state index contributed by atoms with van der Waals surface area (Å²) in [6.45, 7) is 5.02. The molecule has 1 aromatic heterocycles. The Morgan fingerprint density at radius 2 is 1.53 bits per heavy atom. The zero-order valence-corrected chi connectivity index (χ0v) is 17.2. The predicted octanol–water partition coefficient (Wildman–Crippen LogP) is 1.69. The van der Waals surface area contributed by atoms with Crippen molar-refractivity contribution in [3.63, 3.8) is 0 Å². The highest BCUT2D eigenvalue weighted by Gasteiger charge is 2.26. The molecule has 1 atom stereocenters. The number of likely N-dealkylation sites (N-methyl/N-ethyl adjacent to an activating group) is 1. The van der Waals surface area contributed by atoms with Crippen molar-refractivity contribution in [2.24, 2.45) is 0 Å². The fourth-order valence-corrected chi connectivity index (χ4v) is 3.89. The quantitative estimate of drug-likeness (QED) is 0.552. The lowest BCUT2D eigenvalue weighted by Gasteiger charge is -2.38. The summed E-state index contributed by atoms with van der Waals surface area (Å²) in [6.07, 6.45) is 3.41. The van der Waals surface area contributed by atoms with Gasteiger partial charge in [0, 0.05) is 51.7 Å². The summed E-state index contributed by atoms with van der Waals surface area (Å²) in [5.74, 6) is 0. The van der Waals surface area contributed by atoms with Crippen LogP contribution in [0.5, 0.6) is 0 Å². The minimum Gasteiger partial charge on any atom is -0.378 e. The molecular weight excluding hydrogens is 378 g/mol. The van der Waals surface area contributed by atoms with Crippen molar-refractivity contribution in [3.8, 4) is 0 Å². The molecule has 30 heavy (non-hydrogen) atoms. The van der Waals surface area contributed by atoms with Gasteiger partial charge >= 0.3 is 0 Å². The van der Waals surface area contributed by atoms with Crippen molar-refractivity contribution in [2.45, 2.75) is 12.6 Å². The Hall–Kier alpha value is -3.03. The van der Waals surface area contributed by atoms with Gasteiger partial charge in [-0.1, -0.05) is 30.3 Å². The Kier molecular flexibility index (Phi) is 6.21. The highest BCUT2D eigenvalue weighted by Crippen LogP contribution is 2.24. The maximum Gasteiger partial charge on any atom is 0.253 e. The van der Waals surface area contributed by atoms with Crippen molar-refractivity contribution in [3.05, 3.63) is 86.4 Å². The molecule has 156 valence electrons. The number of nitrogens with zero attached hydrogens (tertiary/aromatic N) is 3. The minimum absolute atomic E-state index is 0.136. The second kappa shape index (κ2) is 9.19. The standard InChI is InChI=1S/C23H27N5O2/c1-27-11-13-28(14-12-27)19(18-5-3-2-4-6-18)16-26-21-20(22(29)23(21)30)25-15-17-7-9-24-10-8-17/h2-10,19,25-26H,11-16H2,1H3/t19-/m0/s1. The van der Waals surface area contributed by atoms with Gasteiger partial charge in [-0.05, 0) is 30.3 Å². The third-order valence-electron chi connectivity index (χ3n) is 5.76. The molecule has 2 aromatic carbocycles. The fraction of sp³-hybridized carbons (Fsp3) is 0.348. The van der Waals surface area contributed by atoms with Crippen molar-refractivity contribution in [2.75, 3.05) is 50.4 Å². The maximum atomic E-state index is 12.2. The van der Waals surface area contributed by atoms with Gasteiger partial charge in [-0.2, -0.15) is 0 Å². The molecule has 1 saturated heterocycles. The number of benzene rings is 1. The van der Waals surface area contributed by atoms with Crippen molar-refractivity contribution >= 4 is 11.4 Å². The largest absolute Gasteiger partial charge is 0.378 e. The summed E-state index contributed by atoms with van der Waals surface area (Å²) in [5.41, 5.74) is 2.08. The van der Waals surface area contributed by atoms with Crippen LogP contribution >= 0.6 is 0 Å². The lowest BCUT2D eigenvalue weighted by atomic mass is 10.0. The van der Waals surface area contributed by atoms with Gasteiger partial charge in [-0.25, -0.2) is 0 Å². The molecule has 0 aliphatic carbocycles. The van der Waals surface area contributed by atoms with Crippen LogP contribution in [0, 0.1) is 0 Å². The lowest BCUT2D eigenvalue weighted by molar-refractivity contribution is 0.116. The number of rotatable bonds is 8. The molecule has 7 heteroatoms. The average Bonchev–Trinajstić information content (AvgIpc) is 2.80. The summed E-state index contributed by atoms with van der Waals surface area (Å²) in [6, 6.07) is 14.2. The van der Waals surface area contributed by atoms with E-state index in [2.05, 4.69) is 44.6 Å². The Morgan fingerprint density at radius 1 is 0.900 bits per heavy atom. The number of hydrogen-bond acceptors (Lipinski definition) is 7. The molecule has 2 N–H and O–H groups in total. The summed E-state index contributed by atoms with van der Waals surface area (Å²) in [7, 11) is 2.14. The highest BCUT2D eigenvalue weighted by molar-refractivity contribution is 5.74. The van der Waals surface area contributed by atoms with Crippen molar-refractivity contribution in [1.82, 2.24) is 14.8 Å². The van der Waals surface area contributed by atoms with Crippen molar-refractivity contribution < 1.29 is 0 Å². The van der Waals surface area contributed by atoms with Crippen LogP contribution in [-0.2, 0) is 6.54 Å². The SMILES string of the molecule is CN1CCN([C@@H](CNc2c(NCc3ccncc3)c(=O)c2=O)c2ccccc2)CC1. The highest BCUT2D eigenvalue weighted by atomic mass is 16.2. The first-order chi connectivity index (χ1) is 14.6. The molecule has 0 radical (unpaired) electrons. The molecule has 0 unspecified atom stereocenters. The Labute approximate surface area is 176 Å². The van der Waals surface area contributed by atoms with E-state index in [-0.39, 0.29) is 6.04 Å². The van der Waals surface area contributed by atoms with Crippen molar-refractivity contribution in [1.29, 1.82) is 0 Å². The Morgan fingerprint density at radius 3 is 2.20 bits per heavy atom. The van der Waals surface area contributed by atoms with Crippen LogP contribution in [0.2, 0.25) is 0 Å². The molecule has 7 nitrogen and oxygen atoms in total. The third kappa shape index (κ3) is 4.42. The summed E-state index contributed by atoms with van der Waals surface area (Å²) in [4.78, 5) is 33.1. The lowest BCUT2D eigenvalue weighted by Crippen LogP contribution is -2.48. The van der Waals surface area contributed by atoms with E-state index in [0.29, 0.717) is 24.5 Å². The molecule has 0 saturated carbocycles. The van der Waals surface area contributed by atoms with Crippen LogP contribution in [0.15, 0.2) is 64.4 Å². The van der Waals surface area contributed by atoms with Gasteiger partial charge in [0.05, 0.1) is 6.04 Å². The topological polar surface area (TPSA) is 77.6 Å². The van der Waals surface area contributed by atoms with E-state index in [1.807, 2.05) is 30.3 Å². The van der Waals surface area contributed by atoms with Crippen LogP contribution < -0.4 is 21.5 Å². The van der Waals surface area contributed by atoms with Gasteiger partial charge in [0.25, 0.3) is 10.9 Å². The summed E-state index contributed by atoms with van der Waals surface area (Å²) >= 11 is 0.